The van der Waals surface area contributed by atoms with Gasteiger partial charge in [-0.1, -0.05) is 6.92 Å². The summed E-state index contributed by atoms with van der Waals surface area (Å²) in [6.07, 6.45) is 3.37. The van der Waals surface area contributed by atoms with Gasteiger partial charge in [-0.25, -0.2) is 8.42 Å². The smallest absolute Gasteiger partial charge is 0.289 e. The van der Waals surface area contributed by atoms with Crippen molar-refractivity contribution in [3.63, 3.8) is 0 Å². The molecule has 0 N–H and O–H groups in total. The largest absolute Gasteiger partial charge is 0.459 e. The summed E-state index contributed by atoms with van der Waals surface area (Å²) in [5, 5.41) is 0. The average Bonchev–Trinajstić information content (AvgIpc) is 3.33. The van der Waals surface area contributed by atoms with Crippen molar-refractivity contribution < 1.29 is 22.4 Å². The Morgan fingerprint density at radius 2 is 1.58 bits per heavy atom. The van der Waals surface area contributed by atoms with Gasteiger partial charge in [0.25, 0.3) is 11.8 Å². The third kappa shape index (κ3) is 4.52. The van der Waals surface area contributed by atoms with Gasteiger partial charge >= 0.3 is 0 Å². The molecule has 0 bridgehead atoms. The van der Waals surface area contributed by atoms with Gasteiger partial charge in [0.15, 0.2) is 5.76 Å². The molecule has 0 aliphatic carbocycles. The molecule has 1 atom stereocenters. The zero-order valence-corrected chi connectivity index (χ0v) is 18.4. The van der Waals surface area contributed by atoms with Crippen molar-refractivity contribution in [3.05, 3.63) is 54.0 Å². The third-order valence-corrected chi connectivity index (χ3v) is 7.82. The topological polar surface area (TPSA) is 91.1 Å². The van der Waals surface area contributed by atoms with Gasteiger partial charge in [0, 0.05) is 44.8 Å². The minimum atomic E-state index is -3.55. The molecule has 3 heterocycles. The summed E-state index contributed by atoms with van der Waals surface area (Å²) >= 11 is 0. The number of benzene rings is 1. The molecule has 0 spiro atoms. The minimum Gasteiger partial charge on any atom is -0.459 e. The molecular weight excluding hydrogens is 418 g/mol. The Morgan fingerprint density at radius 1 is 0.935 bits per heavy atom. The lowest BCUT2D eigenvalue weighted by Crippen LogP contribution is -2.50. The predicted molar refractivity (Wildman–Crippen MR) is 114 cm³/mol. The second-order valence-corrected chi connectivity index (χ2v) is 10.1. The van der Waals surface area contributed by atoms with E-state index in [2.05, 4.69) is 6.92 Å². The fraction of sp³-hybridized carbons (Fsp3) is 0.455. The lowest BCUT2D eigenvalue weighted by molar-refractivity contribution is 0.0518. The molecule has 1 aromatic carbocycles. The fourth-order valence-corrected chi connectivity index (χ4v) is 5.73. The van der Waals surface area contributed by atoms with Crippen LogP contribution in [0.3, 0.4) is 0 Å². The van der Waals surface area contributed by atoms with Crippen molar-refractivity contribution in [1.82, 2.24) is 14.1 Å². The van der Waals surface area contributed by atoms with Gasteiger partial charge < -0.3 is 14.2 Å². The van der Waals surface area contributed by atoms with E-state index in [0.29, 0.717) is 56.5 Å². The second kappa shape index (κ2) is 8.84. The number of furan rings is 1. The molecule has 2 fully saturated rings. The van der Waals surface area contributed by atoms with Crippen molar-refractivity contribution >= 4 is 21.8 Å². The first kappa shape index (κ1) is 21.6. The van der Waals surface area contributed by atoms with Gasteiger partial charge in [-0.2, -0.15) is 4.31 Å². The van der Waals surface area contributed by atoms with Gasteiger partial charge in [-0.3, -0.25) is 9.59 Å². The molecule has 2 saturated heterocycles. The summed E-state index contributed by atoms with van der Waals surface area (Å²) in [6, 6.07) is 9.46. The lowest BCUT2D eigenvalue weighted by Gasteiger charge is -2.34. The Kier molecular flexibility index (Phi) is 6.15. The standard InChI is InChI=1S/C22H27N3O5S/c1-17-4-2-10-25(16-17)31(28,29)19-8-6-18(7-9-19)21(26)23-11-13-24(14-12-23)22(27)20-5-3-15-30-20/h3,5-9,15,17H,2,4,10-14,16H2,1H3/t17-/m0/s1. The van der Waals surface area contributed by atoms with E-state index >= 15 is 0 Å². The zero-order chi connectivity index (χ0) is 22.0. The van der Waals surface area contributed by atoms with Crippen molar-refractivity contribution in [2.75, 3.05) is 39.3 Å². The number of piperazine rings is 1. The predicted octanol–water partition coefficient (Wildman–Crippen LogP) is 2.30. The first-order valence-electron chi connectivity index (χ1n) is 10.6. The Balaban J connectivity index is 1.38. The molecule has 0 unspecified atom stereocenters. The Bertz CT molecular complexity index is 1030. The molecule has 166 valence electrons. The first-order valence-corrected chi connectivity index (χ1v) is 12.0. The molecule has 0 saturated carbocycles. The normalized spacial score (nSPS) is 20.6. The Morgan fingerprint density at radius 3 is 2.16 bits per heavy atom. The Hall–Kier alpha value is -2.65. The van der Waals surface area contributed by atoms with E-state index < -0.39 is 10.0 Å². The molecule has 8 nitrogen and oxygen atoms in total. The van der Waals surface area contributed by atoms with Gasteiger partial charge in [-0.15, -0.1) is 0 Å². The third-order valence-electron chi connectivity index (χ3n) is 5.94. The van der Waals surface area contributed by atoms with Crippen LogP contribution in [0.25, 0.3) is 0 Å². The van der Waals surface area contributed by atoms with Crippen LogP contribution in [0.4, 0.5) is 0 Å². The zero-order valence-electron chi connectivity index (χ0n) is 17.6. The number of rotatable bonds is 4. The highest BCUT2D eigenvalue weighted by atomic mass is 32.2. The summed E-state index contributed by atoms with van der Waals surface area (Å²) in [5.41, 5.74) is 0.441. The quantitative estimate of drug-likeness (QED) is 0.720. The summed E-state index contributed by atoms with van der Waals surface area (Å²) < 4.78 is 32.5. The summed E-state index contributed by atoms with van der Waals surface area (Å²) in [7, 11) is -3.55. The number of carbonyl (C=O) groups is 2. The fourth-order valence-electron chi connectivity index (χ4n) is 4.13. The van der Waals surface area contributed by atoms with E-state index in [0.717, 1.165) is 12.8 Å². The van der Waals surface area contributed by atoms with Crippen molar-refractivity contribution in [2.45, 2.75) is 24.7 Å². The van der Waals surface area contributed by atoms with Gasteiger partial charge in [0.2, 0.25) is 10.0 Å². The molecule has 2 aromatic rings. The van der Waals surface area contributed by atoms with E-state index in [1.165, 1.54) is 22.7 Å². The van der Waals surface area contributed by atoms with Crippen LogP contribution in [0.2, 0.25) is 0 Å². The summed E-state index contributed by atoms with van der Waals surface area (Å²) in [4.78, 5) is 28.8. The SMILES string of the molecule is C[C@H]1CCCN(S(=O)(=O)c2ccc(C(=O)N3CCN(C(=O)c4ccco4)CC3)cc2)C1. The maximum Gasteiger partial charge on any atom is 0.289 e. The lowest BCUT2D eigenvalue weighted by atomic mass is 10.0. The molecule has 4 rings (SSSR count). The highest BCUT2D eigenvalue weighted by molar-refractivity contribution is 7.89. The summed E-state index contributed by atoms with van der Waals surface area (Å²) in [5.74, 6) is 0.293. The number of nitrogens with zero attached hydrogens (tertiary/aromatic N) is 3. The van der Waals surface area contributed by atoms with E-state index in [-0.39, 0.29) is 16.7 Å². The van der Waals surface area contributed by atoms with Crippen LogP contribution in [0.1, 0.15) is 40.7 Å². The van der Waals surface area contributed by atoms with Gasteiger partial charge in [0.05, 0.1) is 11.2 Å². The number of hydrogen-bond donors (Lipinski definition) is 0. The maximum atomic E-state index is 12.9. The molecule has 2 aliphatic rings. The molecule has 0 radical (unpaired) electrons. The molecular formula is C22H27N3O5S. The van der Waals surface area contributed by atoms with Crippen LogP contribution in [-0.2, 0) is 10.0 Å². The van der Waals surface area contributed by atoms with Gasteiger partial charge in [-0.05, 0) is 55.2 Å². The van der Waals surface area contributed by atoms with Crippen LogP contribution in [0, 0.1) is 5.92 Å². The van der Waals surface area contributed by atoms with E-state index in [1.807, 2.05) is 0 Å². The molecule has 2 amide bonds. The monoisotopic (exact) mass is 445 g/mol. The van der Waals surface area contributed by atoms with E-state index in [1.54, 1.807) is 34.1 Å². The number of carbonyl (C=O) groups excluding carboxylic acids is 2. The van der Waals surface area contributed by atoms with Crippen LogP contribution >= 0.6 is 0 Å². The number of piperidine rings is 1. The molecule has 1 aromatic heterocycles. The van der Waals surface area contributed by atoms with Crippen LogP contribution in [0.15, 0.2) is 52.0 Å². The van der Waals surface area contributed by atoms with Crippen molar-refractivity contribution in [1.29, 1.82) is 0 Å². The maximum absolute atomic E-state index is 12.9. The first-order chi connectivity index (χ1) is 14.9. The Labute approximate surface area is 182 Å². The molecule has 31 heavy (non-hydrogen) atoms. The van der Waals surface area contributed by atoms with E-state index in [4.69, 9.17) is 4.42 Å². The van der Waals surface area contributed by atoms with Crippen molar-refractivity contribution in [2.24, 2.45) is 5.92 Å². The number of hydrogen-bond acceptors (Lipinski definition) is 5. The highest BCUT2D eigenvalue weighted by Crippen LogP contribution is 2.24. The second-order valence-electron chi connectivity index (χ2n) is 8.20. The number of sulfonamides is 1. The van der Waals surface area contributed by atoms with Crippen LogP contribution in [0.5, 0.6) is 0 Å². The minimum absolute atomic E-state index is 0.166. The van der Waals surface area contributed by atoms with Crippen molar-refractivity contribution in [3.8, 4) is 0 Å². The van der Waals surface area contributed by atoms with Crippen LogP contribution < -0.4 is 0 Å². The summed E-state index contributed by atoms with van der Waals surface area (Å²) in [6.45, 7) is 4.80. The van der Waals surface area contributed by atoms with E-state index in [9.17, 15) is 18.0 Å². The average molecular weight is 446 g/mol. The van der Waals surface area contributed by atoms with Crippen LogP contribution in [-0.4, -0.2) is 73.6 Å². The number of amides is 2. The highest BCUT2D eigenvalue weighted by Gasteiger charge is 2.30. The van der Waals surface area contributed by atoms with Gasteiger partial charge in [0.1, 0.15) is 0 Å². The molecule has 2 aliphatic heterocycles. The molecule has 9 heteroatoms.